The number of rotatable bonds is 4. The van der Waals surface area contributed by atoms with Crippen LogP contribution in [0.4, 0.5) is 0 Å². The molecule has 0 spiro atoms. The van der Waals surface area contributed by atoms with E-state index in [2.05, 4.69) is 42.1 Å². The third-order valence-electron chi connectivity index (χ3n) is 3.12. The number of pyridine rings is 2. The lowest BCUT2D eigenvalue weighted by atomic mass is 9.98. The second-order valence-electron chi connectivity index (χ2n) is 4.43. The van der Waals surface area contributed by atoms with E-state index >= 15 is 0 Å². The van der Waals surface area contributed by atoms with Gasteiger partial charge in [0.05, 0.1) is 11.7 Å². The Kier molecular flexibility index (Phi) is 4.05. The van der Waals surface area contributed by atoms with Crippen molar-refractivity contribution in [3.63, 3.8) is 0 Å². The van der Waals surface area contributed by atoms with Crippen LogP contribution in [0.2, 0.25) is 0 Å². The lowest BCUT2D eigenvalue weighted by Crippen LogP contribution is -2.24. The molecule has 2 heterocycles. The highest BCUT2D eigenvalue weighted by atomic mass is 14.9. The first-order valence-corrected chi connectivity index (χ1v) is 6.29. The molecular formula is C15H19N3. The van der Waals surface area contributed by atoms with Crippen LogP contribution in [0.1, 0.15) is 35.3 Å². The van der Waals surface area contributed by atoms with Gasteiger partial charge in [-0.1, -0.05) is 13.0 Å². The summed E-state index contributed by atoms with van der Waals surface area (Å²) < 4.78 is 0. The molecule has 0 aliphatic heterocycles. The molecule has 0 fully saturated rings. The number of aryl methyl sites for hydroxylation is 2. The van der Waals surface area contributed by atoms with Gasteiger partial charge in [-0.15, -0.1) is 0 Å². The predicted octanol–water partition coefficient (Wildman–Crippen LogP) is 2.79. The molecule has 94 valence electrons. The van der Waals surface area contributed by atoms with Crippen LogP contribution < -0.4 is 5.32 Å². The van der Waals surface area contributed by atoms with Gasteiger partial charge in [-0.05, 0) is 49.2 Å². The minimum atomic E-state index is 0.116. The van der Waals surface area contributed by atoms with Crippen molar-refractivity contribution in [3.8, 4) is 0 Å². The second-order valence-corrected chi connectivity index (χ2v) is 4.43. The summed E-state index contributed by atoms with van der Waals surface area (Å²) in [7, 11) is 0. The van der Waals surface area contributed by atoms with Crippen LogP contribution in [0.15, 0.2) is 36.8 Å². The molecule has 3 heteroatoms. The zero-order chi connectivity index (χ0) is 13.0. The Morgan fingerprint density at radius 3 is 2.67 bits per heavy atom. The summed E-state index contributed by atoms with van der Waals surface area (Å²) in [6.07, 6.45) is 5.60. The normalized spacial score (nSPS) is 12.4. The van der Waals surface area contributed by atoms with Gasteiger partial charge in [0.25, 0.3) is 0 Å². The number of nitrogens with zero attached hydrogens (tertiary/aromatic N) is 2. The molecule has 3 nitrogen and oxygen atoms in total. The molecule has 1 unspecified atom stereocenters. The summed E-state index contributed by atoms with van der Waals surface area (Å²) in [4.78, 5) is 8.76. The van der Waals surface area contributed by atoms with Crippen LogP contribution in [-0.2, 0) is 0 Å². The van der Waals surface area contributed by atoms with Crippen molar-refractivity contribution in [2.75, 3.05) is 6.54 Å². The Hall–Kier alpha value is -1.74. The third kappa shape index (κ3) is 2.57. The molecule has 0 amide bonds. The van der Waals surface area contributed by atoms with E-state index in [9.17, 15) is 0 Å². The lowest BCUT2D eigenvalue weighted by molar-refractivity contribution is 0.607. The molecular weight excluding hydrogens is 222 g/mol. The molecule has 2 aromatic heterocycles. The molecule has 0 aliphatic rings. The predicted molar refractivity (Wildman–Crippen MR) is 73.5 cm³/mol. The minimum absolute atomic E-state index is 0.116. The van der Waals surface area contributed by atoms with Crippen molar-refractivity contribution in [1.82, 2.24) is 15.3 Å². The van der Waals surface area contributed by atoms with E-state index in [1.54, 1.807) is 0 Å². The first-order valence-electron chi connectivity index (χ1n) is 6.29. The summed E-state index contributed by atoms with van der Waals surface area (Å²) in [6.45, 7) is 7.21. The van der Waals surface area contributed by atoms with E-state index in [1.807, 2.05) is 30.7 Å². The fourth-order valence-corrected chi connectivity index (χ4v) is 2.14. The molecule has 2 aromatic rings. The zero-order valence-electron chi connectivity index (χ0n) is 11.1. The van der Waals surface area contributed by atoms with Crippen LogP contribution in [0.3, 0.4) is 0 Å². The number of hydrogen-bond acceptors (Lipinski definition) is 3. The Morgan fingerprint density at radius 1 is 1.17 bits per heavy atom. The maximum absolute atomic E-state index is 4.52. The van der Waals surface area contributed by atoms with E-state index in [0.717, 1.165) is 12.2 Å². The van der Waals surface area contributed by atoms with Gasteiger partial charge in [0, 0.05) is 18.6 Å². The average molecular weight is 241 g/mol. The van der Waals surface area contributed by atoms with Crippen molar-refractivity contribution in [2.24, 2.45) is 0 Å². The molecule has 1 atom stereocenters. The van der Waals surface area contributed by atoms with Gasteiger partial charge in [0.15, 0.2) is 0 Å². The van der Waals surface area contributed by atoms with Gasteiger partial charge >= 0.3 is 0 Å². The van der Waals surface area contributed by atoms with Crippen molar-refractivity contribution >= 4 is 0 Å². The van der Waals surface area contributed by atoms with E-state index in [-0.39, 0.29) is 6.04 Å². The highest BCUT2D eigenvalue weighted by molar-refractivity contribution is 5.34. The van der Waals surface area contributed by atoms with Gasteiger partial charge in [-0.25, -0.2) is 0 Å². The highest BCUT2D eigenvalue weighted by Gasteiger charge is 2.18. The van der Waals surface area contributed by atoms with Crippen molar-refractivity contribution in [1.29, 1.82) is 0 Å². The topological polar surface area (TPSA) is 37.8 Å². The summed E-state index contributed by atoms with van der Waals surface area (Å²) >= 11 is 0. The van der Waals surface area contributed by atoms with Gasteiger partial charge in [0.1, 0.15) is 0 Å². The summed E-state index contributed by atoms with van der Waals surface area (Å²) in [5, 5.41) is 3.49. The highest BCUT2D eigenvalue weighted by Crippen LogP contribution is 2.24. The Labute approximate surface area is 108 Å². The van der Waals surface area contributed by atoms with Gasteiger partial charge in [-0.2, -0.15) is 0 Å². The third-order valence-corrected chi connectivity index (χ3v) is 3.12. The Morgan fingerprint density at radius 2 is 2.00 bits per heavy atom. The summed E-state index contributed by atoms with van der Waals surface area (Å²) in [5.74, 6) is 0. The van der Waals surface area contributed by atoms with Crippen molar-refractivity contribution in [3.05, 3.63) is 59.2 Å². The van der Waals surface area contributed by atoms with Gasteiger partial charge in [0.2, 0.25) is 0 Å². The molecule has 0 bridgehead atoms. The van der Waals surface area contributed by atoms with Crippen molar-refractivity contribution in [2.45, 2.75) is 26.8 Å². The molecule has 2 rings (SSSR count). The van der Waals surface area contributed by atoms with Crippen LogP contribution >= 0.6 is 0 Å². The smallest absolute Gasteiger partial charge is 0.0771 e. The second kappa shape index (κ2) is 5.74. The molecule has 0 radical (unpaired) electrons. The monoisotopic (exact) mass is 241 g/mol. The van der Waals surface area contributed by atoms with E-state index in [0.29, 0.717) is 0 Å². The number of aromatic nitrogens is 2. The summed E-state index contributed by atoms with van der Waals surface area (Å²) in [5.41, 5.74) is 4.71. The van der Waals surface area contributed by atoms with Crippen LogP contribution in [0.25, 0.3) is 0 Å². The zero-order valence-corrected chi connectivity index (χ0v) is 11.1. The lowest BCUT2D eigenvalue weighted by Gasteiger charge is -2.20. The van der Waals surface area contributed by atoms with Crippen LogP contribution in [-0.4, -0.2) is 16.5 Å². The largest absolute Gasteiger partial charge is 0.305 e. The van der Waals surface area contributed by atoms with Crippen molar-refractivity contribution < 1.29 is 0 Å². The van der Waals surface area contributed by atoms with Crippen LogP contribution in [0, 0.1) is 13.8 Å². The molecule has 18 heavy (non-hydrogen) atoms. The molecule has 0 saturated carbocycles. The number of nitrogens with one attached hydrogen (secondary N) is 1. The first kappa shape index (κ1) is 12.7. The fraction of sp³-hybridized carbons (Fsp3) is 0.333. The SMILES string of the molecule is CCNC(c1cnccc1C)c1ncccc1C. The van der Waals surface area contributed by atoms with E-state index in [4.69, 9.17) is 0 Å². The maximum atomic E-state index is 4.52. The van der Waals surface area contributed by atoms with E-state index < -0.39 is 0 Å². The summed E-state index contributed by atoms with van der Waals surface area (Å²) in [6, 6.07) is 6.22. The number of hydrogen-bond donors (Lipinski definition) is 1. The fourth-order valence-electron chi connectivity index (χ4n) is 2.14. The quantitative estimate of drug-likeness (QED) is 0.894. The maximum Gasteiger partial charge on any atom is 0.0771 e. The molecule has 1 N–H and O–H groups in total. The van der Waals surface area contributed by atoms with Gasteiger partial charge in [-0.3, -0.25) is 9.97 Å². The van der Waals surface area contributed by atoms with Crippen LogP contribution in [0.5, 0.6) is 0 Å². The molecule has 0 aromatic carbocycles. The Balaban J connectivity index is 2.47. The Bertz CT molecular complexity index is 477. The minimum Gasteiger partial charge on any atom is -0.305 e. The van der Waals surface area contributed by atoms with E-state index in [1.165, 1.54) is 16.7 Å². The molecule has 0 saturated heterocycles. The van der Waals surface area contributed by atoms with Gasteiger partial charge < -0.3 is 5.32 Å². The standard InChI is InChI=1S/C15H19N3/c1-4-17-15(13-10-16-9-7-11(13)2)14-12(3)6-5-8-18-14/h5-10,15,17H,4H2,1-3H3. The first-order chi connectivity index (χ1) is 8.74. The average Bonchev–Trinajstić information content (AvgIpc) is 2.38. The molecule has 0 aliphatic carbocycles.